The van der Waals surface area contributed by atoms with Gasteiger partial charge in [0.2, 0.25) is 6.21 Å². The molecular weight excluding hydrogens is 196 g/mol. The fraction of sp³-hybridized carbons (Fsp3) is 0.111. The second-order valence-corrected chi connectivity index (χ2v) is 2.74. The standard InChI is InChI=1S/C9H12N4O2/c1-15-8-3-2-6(4-7(8)14)5-12-13-9(10)11/h2-5,14H,1H3,(H4,10,11,13)/p+1. The predicted molar refractivity (Wildman–Crippen MR) is 56.6 cm³/mol. The van der Waals surface area contributed by atoms with E-state index in [1.165, 1.54) is 13.2 Å². The molecule has 0 amide bonds. The maximum absolute atomic E-state index is 9.44. The summed E-state index contributed by atoms with van der Waals surface area (Å²) in [5.74, 6) is 0.399. The number of hydrogen-bond donors (Lipinski definition) is 4. The minimum atomic E-state index is -0.0658. The van der Waals surface area contributed by atoms with Gasteiger partial charge in [-0.1, -0.05) is 0 Å². The van der Waals surface area contributed by atoms with Crippen molar-refractivity contribution in [3.63, 3.8) is 0 Å². The third-order valence-corrected chi connectivity index (χ3v) is 1.63. The van der Waals surface area contributed by atoms with Crippen molar-refractivity contribution < 1.29 is 14.9 Å². The van der Waals surface area contributed by atoms with Gasteiger partial charge in [0.15, 0.2) is 11.5 Å². The first-order chi connectivity index (χ1) is 7.13. The predicted octanol–water partition coefficient (Wildman–Crippen LogP) is -1.91. The van der Waals surface area contributed by atoms with Crippen LogP contribution < -0.4 is 21.3 Å². The lowest BCUT2D eigenvalue weighted by Gasteiger charge is -2.01. The molecule has 0 radical (unpaired) electrons. The van der Waals surface area contributed by atoms with Crippen LogP contribution >= 0.6 is 0 Å². The number of methoxy groups -OCH3 is 1. The molecule has 0 saturated carbocycles. The second-order valence-electron chi connectivity index (χ2n) is 2.74. The number of aromatic hydroxyl groups is 1. The summed E-state index contributed by atoms with van der Waals surface area (Å²) in [6, 6.07) is 4.90. The highest BCUT2D eigenvalue weighted by Crippen LogP contribution is 2.25. The molecule has 6 nitrogen and oxygen atoms in total. The summed E-state index contributed by atoms with van der Waals surface area (Å²) in [4.78, 5) is 0. The van der Waals surface area contributed by atoms with Gasteiger partial charge >= 0.3 is 0 Å². The minimum Gasteiger partial charge on any atom is -0.504 e. The highest BCUT2D eigenvalue weighted by Gasteiger charge is 2.01. The average Bonchev–Trinajstić information content (AvgIpc) is 2.17. The fourth-order valence-corrected chi connectivity index (χ4v) is 0.978. The molecule has 0 fully saturated rings. The van der Waals surface area contributed by atoms with Gasteiger partial charge in [0, 0.05) is 10.7 Å². The number of guanidine groups is 1. The smallest absolute Gasteiger partial charge is 0.256 e. The molecule has 80 valence electrons. The van der Waals surface area contributed by atoms with Crippen molar-refractivity contribution in [2.45, 2.75) is 0 Å². The van der Waals surface area contributed by atoms with Crippen LogP contribution in [0.25, 0.3) is 0 Å². The second kappa shape index (κ2) is 4.85. The number of phenols is 1. The van der Waals surface area contributed by atoms with Gasteiger partial charge in [-0.2, -0.15) is 0 Å². The van der Waals surface area contributed by atoms with Crippen LogP contribution in [0.2, 0.25) is 0 Å². The molecule has 1 aromatic rings. The van der Waals surface area contributed by atoms with Crippen LogP contribution in [0.5, 0.6) is 11.5 Å². The van der Waals surface area contributed by atoms with Crippen molar-refractivity contribution in [1.29, 1.82) is 0 Å². The van der Waals surface area contributed by atoms with Crippen LogP contribution in [-0.4, -0.2) is 24.4 Å². The fourth-order valence-electron chi connectivity index (χ4n) is 0.978. The first-order valence-electron chi connectivity index (χ1n) is 4.18. The molecule has 0 bridgehead atoms. The molecule has 0 atom stereocenters. The highest BCUT2D eigenvalue weighted by molar-refractivity contribution is 5.77. The molecule has 0 saturated heterocycles. The molecule has 0 aliphatic carbocycles. The molecule has 0 heterocycles. The molecule has 0 aromatic heterocycles. The van der Waals surface area contributed by atoms with Crippen molar-refractivity contribution in [3.8, 4) is 11.5 Å². The normalized spacial score (nSPS) is 10.2. The Morgan fingerprint density at radius 3 is 2.80 bits per heavy atom. The SMILES string of the molecule is COc1ccc(C=[NH+]N=C(N)N)cc1O. The molecule has 0 spiro atoms. The van der Waals surface area contributed by atoms with Crippen molar-refractivity contribution in [2.24, 2.45) is 16.6 Å². The van der Waals surface area contributed by atoms with E-state index in [4.69, 9.17) is 16.2 Å². The zero-order valence-electron chi connectivity index (χ0n) is 8.27. The average molecular weight is 209 g/mol. The molecule has 0 unspecified atom stereocenters. The number of phenolic OH excluding ortho intramolecular Hbond substituents is 1. The number of benzene rings is 1. The minimum absolute atomic E-state index is 0.0535. The van der Waals surface area contributed by atoms with E-state index in [9.17, 15) is 5.11 Å². The van der Waals surface area contributed by atoms with E-state index < -0.39 is 0 Å². The summed E-state index contributed by atoms with van der Waals surface area (Å²) in [6.07, 6.45) is 1.54. The van der Waals surface area contributed by atoms with Crippen LogP contribution in [0, 0.1) is 0 Å². The molecule has 6 heteroatoms. The molecule has 6 N–H and O–H groups in total. The van der Waals surface area contributed by atoms with Crippen molar-refractivity contribution in [2.75, 3.05) is 7.11 Å². The Bertz CT molecular complexity index is 397. The van der Waals surface area contributed by atoms with E-state index in [0.29, 0.717) is 5.75 Å². The number of hydrazone groups is 1. The van der Waals surface area contributed by atoms with Crippen molar-refractivity contribution in [1.82, 2.24) is 0 Å². The maximum atomic E-state index is 9.44. The highest BCUT2D eigenvalue weighted by atomic mass is 16.5. The Morgan fingerprint density at radius 2 is 2.27 bits per heavy atom. The first-order valence-corrected chi connectivity index (χ1v) is 4.18. The summed E-state index contributed by atoms with van der Waals surface area (Å²) >= 11 is 0. The number of ether oxygens (including phenoxy) is 1. The Balaban J connectivity index is 2.84. The van der Waals surface area contributed by atoms with Gasteiger partial charge in [0.05, 0.1) is 7.11 Å². The van der Waals surface area contributed by atoms with Gasteiger partial charge in [-0.3, -0.25) is 0 Å². The van der Waals surface area contributed by atoms with Gasteiger partial charge in [0.1, 0.15) is 0 Å². The Kier molecular flexibility index (Phi) is 3.50. The third kappa shape index (κ3) is 3.18. The lowest BCUT2D eigenvalue weighted by molar-refractivity contribution is -0.456. The zero-order chi connectivity index (χ0) is 11.3. The Morgan fingerprint density at radius 1 is 1.53 bits per heavy atom. The molecular formula is C9H13N4O2+. The maximum Gasteiger partial charge on any atom is 0.256 e. The summed E-state index contributed by atoms with van der Waals surface area (Å²) in [6.45, 7) is 0. The van der Waals surface area contributed by atoms with Crippen LogP contribution in [0.3, 0.4) is 0 Å². The van der Waals surface area contributed by atoms with Gasteiger partial charge in [-0.05, 0) is 18.2 Å². The summed E-state index contributed by atoms with van der Waals surface area (Å²) in [7, 11) is 1.48. The van der Waals surface area contributed by atoms with Gasteiger partial charge in [-0.25, -0.2) is 0 Å². The summed E-state index contributed by atoms with van der Waals surface area (Å²) in [5.41, 5.74) is 10.9. The van der Waals surface area contributed by atoms with Crippen molar-refractivity contribution in [3.05, 3.63) is 23.8 Å². The number of hydrogen-bond acceptors (Lipinski definition) is 3. The molecule has 1 aromatic carbocycles. The van der Waals surface area contributed by atoms with Gasteiger partial charge in [0.25, 0.3) is 5.96 Å². The Hall–Kier alpha value is -2.24. The quantitative estimate of drug-likeness (QED) is 0.264. The van der Waals surface area contributed by atoms with E-state index in [0.717, 1.165) is 5.56 Å². The molecule has 15 heavy (non-hydrogen) atoms. The lowest BCUT2D eigenvalue weighted by atomic mass is 10.2. The van der Waals surface area contributed by atoms with E-state index in [2.05, 4.69) is 10.2 Å². The van der Waals surface area contributed by atoms with Crippen LogP contribution in [0.4, 0.5) is 0 Å². The topological polar surface area (TPSA) is 108 Å². The van der Waals surface area contributed by atoms with Crippen molar-refractivity contribution >= 4 is 12.2 Å². The van der Waals surface area contributed by atoms with Gasteiger partial charge < -0.3 is 21.3 Å². The first kappa shape index (κ1) is 10.8. The van der Waals surface area contributed by atoms with Crippen LogP contribution in [0.15, 0.2) is 23.3 Å². The third-order valence-electron chi connectivity index (χ3n) is 1.63. The molecule has 1 rings (SSSR count). The van der Waals surface area contributed by atoms with E-state index in [-0.39, 0.29) is 11.7 Å². The summed E-state index contributed by atoms with van der Waals surface area (Å²) in [5, 5.41) is 15.5. The Labute approximate surface area is 86.9 Å². The van der Waals surface area contributed by atoms with Crippen LogP contribution in [-0.2, 0) is 0 Å². The monoisotopic (exact) mass is 209 g/mol. The van der Waals surface area contributed by atoms with E-state index >= 15 is 0 Å². The number of rotatable bonds is 3. The number of nitrogens with zero attached hydrogens (tertiary/aromatic N) is 1. The zero-order valence-corrected chi connectivity index (χ0v) is 8.27. The number of nitrogens with one attached hydrogen (secondary N) is 1. The van der Waals surface area contributed by atoms with E-state index in [1.807, 2.05) is 0 Å². The largest absolute Gasteiger partial charge is 0.504 e. The van der Waals surface area contributed by atoms with Gasteiger partial charge in [-0.15, -0.1) is 5.10 Å². The number of nitrogens with two attached hydrogens (primary N) is 2. The summed E-state index contributed by atoms with van der Waals surface area (Å²) < 4.78 is 4.89. The van der Waals surface area contributed by atoms with Crippen LogP contribution in [0.1, 0.15) is 5.56 Å². The molecule has 0 aliphatic rings. The lowest BCUT2D eigenvalue weighted by Crippen LogP contribution is -2.63. The molecule has 0 aliphatic heterocycles. The van der Waals surface area contributed by atoms with E-state index in [1.54, 1.807) is 18.3 Å².